The van der Waals surface area contributed by atoms with Gasteiger partial charge >= 0.3 is 0 Å². The van der Waals surface area contributed by atoms with Crippen molar-refractivity contribution >= 4 is 0 Å². The van der Waals surface area contributed by atoms with Gasteiger partial charge in [0.25, 0.3) is 0 Å². The lowest BCUT2D eigenvalue weighted by Crippen LogP contribution is -2.46. The predicted octanol–water partition coefficient (Wildman–Crippen LogP) is 1.45. The number of β-amino-alcohol motifs (C(OH)–C–C–N with tert-alkyl or cyclic N) is 1. The van der Waals surface area contributed by atoms with Crippen molar-refractivity contribution in [3.05, 3.63) is 0 Å². The maximum absolute atomic E-state index is 9.98. The van der Waals surface area contributed by atoms with Crippen LogP contribution in [0, 0.1) is 11.8 Å². The molecule has 3 nitrogen and oxygen atoms in total. The minimum Gasteiger partial charge on any atom is -0.388 e. The topological polar surface area (TPSA) is 49.5 Å². The van der Waals surface area contributed by atoms with Crippen molar-refractivity contribution in [1.29, 1.82) is 0 Å². The smallest absolute Gasteiger partial charge is 0.0867 e. The highest BCUT2D eigenvalue weighted by Crippen LogP contribution is 2.25. The fourth-order valence-electron chi connectivity index (χ4n) is 2.55. The number of nitrogens with two attached hydrogens (primary N) is 1. The van der Waals surface area contributed by atoms with Crippen LogP contribution in [0.4, 0.5) is 0 Å². The van der Waals surface area contributed by atoms with Gasteiger partial charge in [0.2, 0.25) is 0 Å². The zero-order chi connectivity index (χ0) is 12.2. The first kappa shape index (κ1) is 13.9. The molecular weight excluding hydrogens is 200 g/mol. The number of hydrogen-bond donors (Lipinski definition) is 2. The van der Waals surface area contributed by atoms with E-state index in [9.17, 15) is 5.11 Å². The maximum Gasteiger partial charge on any atom is 0.0867 e. The van der Waals surface area contributed by atoms with Gasteiger partial charge in [0, 0.05) is 13.1 Å². The van der Waals surface area contributed by atoms with Gasteiger partial charge in [-0.3, -0.25) is 0 Å². The summed E-state index contributed by atoms with van der Waals surface area (Å²) in [5.74, 6) is 1.64. The largest absolute Gasteiger partial charge is 0.388 e. The van der Waals surface area contributed by atoms with E-state index in [1.807, 2.05) is 6.92 Å². The summed E-state index contributed by atoms with van der Waals surface area (Å²) in [6, 6.07) is 0. The molecule has 96 valence electrons. The first-order valence-corrected chi connectivity index (χ1v) is 6.59. The first-order valence-electron chi connectivity index (χ1n) is 6.59. The summed E-state index contributed by atoms with van der Waals surface area (Å²) in [5, 5.41) is 9.98. The molecule has 0 aromatic rings. The molecule has 0 amide bonds. The summed E-state index contributed by atoms with van der Waals surface area (Å²) < 4.78 is 0. The Morgan fingerprint density at radius 3 is 2.62 bits per heavy atom. The highest BCUT2D eigenvalue weighted by molar-refractivity contribution is 4.81. The molecule has 0 aliphatic carbocycles. The van der Waals surface area contributed by atoms with Crippen LogP contribution in [-0.4, -0.2) is 41.8 Å². The Morgan fingerprint density at radius 1 is 1.38 bits per heavy atom. The van der Waals surface area contributed by atoms with Crippen molar-refractivity contribution in [1.82, 2.24) is 4.90 Å². The van der Waals surface area contributed by atoms with Gasteiger partial charge in [0.1, 0.15) is 0 Å². The highest BCUT2D eigenvalue weighted by atomic mass is 16.3. The molecule has 0 aromatic heterocycles. The fraction of sp³-hybridized carbons (Fsp3) is 1.00. The third kappa shape index (κ3) is 4.40. The van der Waals surface area contributed by atoms with E-state index in [2.05, 4.69) is 18.7 Å². The monoisotopic (exact) mass is 228 g/mol. The lowest BCUT2D eigenvalue weighted by atomic mass is 9.89. The van der Waals surface area contributed by atoms with Crippen molar-refractivity contribution in [2.24, 2.45) is 17.6 Å². The van der Waals surface area contributed by atoms with Gasteiger partial charge in [0.05, 0.1) is 5.60 Å². The van der Waals surface area contributed by atoms with Crippen LogP contribution in [0.2, 0.25) is 0 Å². The number of aliphatic hydroxyl groups is 1. The van der Waals surface area contributed by atoms with Gasteiger partial charge in [-0.25, -0.2) is 0 Å². The molecule has 0 aromatic carbocycles. The average Bonchev–Trinajstić information content (AvgIpc) is 2.43. The van der Waals surface area contributed by atoms with E-state index < -0.39 is 5.60 Å². The molecule has 1 saturated heterocycles. The van der Waals surface area contributed by atoms with E-state index in [1.165, 1.54) is 19.3 Å². The molecule has 1 fully saturated rings. The van der Waals surface area contributed by atoms with Crippen molar-refractivity contribution in [2.45, 2.75) is 45.6 Å². The molecule has 16 heavy (non-hydrogen) atoms. The van der Waals surface area contributed by atoms with Crippen LogP contribution in [-0.2, 0) is 0 Å². The lowest BCUT2D eigenvalue weighted by Gasteiger charge is -2.29. The molecule has 2 unspecified atom stereocenters. The molecule has 1 aliphatic rings. The Hall–Kier alpha value is -0.120. The summed E-state index contributed by atoms with van der Waals surface area (Å²) in [6.07, 6.45) is 3.85. The Kier molecular flexibility index (Phi) is 5.22. The molecule has 3 N–H and O–H groups in total. The Bertz CT molecular complexity index is 204. The van der Waals surface area contributed by atoms with E-state index in [0.29, 0.717) is 13.1 Å². The van der Waals surface area contributed by atoms with Gasteiger partial charge in [0.15, 0.2) is 0 Å². The summed E-state index contributed by atoms with van der Waals surface area (Å²) in [7, 11) is 0. The number of rotatable bonds is 4. The number of nitrogens with zero attached hydrogens (tertiary/aromatic N) is 1. The van der Waals surface area contributed by atoms with Crippen LogP contribution in [0.15, 0.2) is 0 Å². The van der Waals surface area contributed by atoms with Crippen molar-refractivity contribution in [2.75, 3.05) is 26.2 Å². The normalized spacial score (nSPS) is 27.8. The highest BCUT2D eigenvalue weighted by Gasteiger charge is 2.25. The second-order valence-corrected chi connectivity index (χ2v) is 5.91. The maximum atomic E-state index is 9.98. The third-order valence-corrected chi connectivity index (χ3v) is 3.81. The van der Waals surface area contributed by atoms with Crippen LogP contribution in [0.25, 0.3) is 0 Å². The number of likely N-dealkylation sites (tertiary alicyclic amines) is 1. The first-order chi connectivity index (χ1) is 7.44. The minimum atomic E-state index is -0.725. The van der Waals surface area contributed by atoms with Crippen LogP contribution >= 0.6 is 0 Å². The SMILES string of the molecule is CC(C)C1CCCN(CC(C)(O)CN)CC1. The van der Waals surface area contributed by atoms with Crippen LogP contribution in [0.1, 0.15) is 40.0 Å². The molecule has 0 saturated carbocycles. The van der Waals surface area contributed by atoms with Crippen molar-refractivity contribution in [3.8, 4) is 0 Å². The van der Waals surface area contributed by atoms with Crippen molar-refractivity contribution < 1.29 is 5.11 Å². The second kappa shape index (κ2) is 5.99. The van der Waals surface area contributed by atoms with Crippen LogP contribution in [0.3, 0.4) is 0 Å². The second-order valence-electron chi connectivity index (χ2n) is 5.91. The quantitative estimate of drug-likeness (QED) is 0.766. The van der Waals surface area contributed by atoms with Crippen LogP contribution < -0.4 is 5.73 Å². The lowest BCUT2D eigenvalue weighted by molar-refractivity contribution is 0.0279. The summed E-state index contributed by atoms with van der Waals surface area (Å²) >= 11 is 0. The zero-order valence-corrected chi connectivity index (χ0v) is 11.1. The predicted molar refractivity (Wildman–Crippen MR) is 68.3 cm³/mol. The van der Waals surface area contributed by atoms with E-state index in [-0.39, 0.29) is 0 Å². The van der Waals surface area contributed by atoms with Gasteiger partial charge in [-0.1, -0.05) is 13.8 Å². The molecule has 0 bridgehead atoms. The molecule has 2 atom stereocenters. The zero-order valence-electron chi connectivity index (χ0n) is 11.1. The third-order valence-electron chi connectivity index (χ3n) is 3.81. The molecular formula is C13H28N2O. The fourth-order valence-corrected chi connectivity index (χ4v) is 2.55. The summed E-state index contributed by atoms with van der Waals surface area (Å²) in [5.41, 5.74) is 4.84. The van der Waals surface area contributed by atoms with E-state index in [1.54, 1.807) is 0 Å². The summed E-state index contributed by atoms with van der Waals surface area (Å²) in [6.45, 7) is 9.74. The average molecular weight is 228 g/mol. The standard InChI is InChI=1S/C13H28N2O/c1-11(2)12-5-4-7-15(8-6-12)10-13(3,16)9-14/h11-12,16H,4-10,14H2,1-3H3. The Morgan fingerprint density at radius 2 is 2.06 bits per heavy atom. The van der Waals surface area contributed by atoms with Crippen molar-refractivity contribution in [3.63, 3.8) is 0 Å². The van der Waals surface area contributed by atoms with E-state index in [0.717, 1.165) is 24.9 Å². The van der Waals surface area contributed by atoms with Crippen LogP contribution in [0.5, 0.6) is 0 Å². The Labute approximate surface area is 100 Å². The van der Waals surface area contributed by atoms with Gasteiger partial charge < -0.3 is 15.7 Å². The molecule has 3 heteroatoms. The number of hydrogen-bond acceptors (Lipinski definition) is 3. The molecule has 1 aliphatic heterocycles. The molecule has 0 radical (unpaired) electrons. The molecule has 1 rings (SSSR count). The van der Waals surface area contributed by atoms with Gasteiger partial charge in [-0.15, -0.1) is 0 Å². The molecule has 0 spiro atoms. The van der Waals surface area contributed by atoms with E-state index >= 15 is 0 Å². The van der Waals surface area contributed by atoms with Gasteiger partial charge in [-0.05, 0) is 51.1 Å². The van der Waals surface area contributed by atoms with E-state index in [4.69, 9.17) is 5.73 Å². The Balaban J connectivity index is 2.41. The molecule has 1 heterocycles. The minimum absolute atomic E-state index is 0.344. The van der Waals surface area contributed by atoms with Gasteiger partial charge in [-0.2, -0.15) is 0 Å². The summed E-state index contributed by atoms with van der Waals surface area (Å²) in [4.78, 5) is 2.37.